The summed E-state index contributed by atoms with van der Waals surface area (Å²) >= 11 is 0. The molecule has 6 nitrogen and oxygen atoms in total. The SMILES string of the molecule is CN(C)CCN(Cc1ccccc1)C(=O)c1cc(F)ccc1[N+](=O)[O-]. The van der Waals surface area contributed by atoms with Crippen molar-refractivity contribution in [3.05, 3.63) is 75.6 Å². The second-order valence-electron chi connectivity index (χ2n) is 5.93. The maximum absolute atomic E-state index is 13.6. The number of amides is 1. The quantitative estimate of drug-likeness (QED) is 0.572. The summed E-state index contributed by atoms with van der Waals surface area (Å²) in [6.45, 7) is 1.25. The van der Waals surface area contributed by atoms with Gasteiger partial charge >= 0.3 is 0 Å². The number of carbonyl (C=O) groups is 1. The van der Waals surface area contributed by atoms with Gasteiger partial charge in [0, 0.05) is 25.7 Å². The van der Waals surface area contributed by atoms with E-state index in [9.17, 15) is 19.3 Å². The molecule has 2 aromatic rings. The molecule has 1 amide bonds. The van der Waals surface area contributed by atoms with E-state index < -0.39 is 22.3 Å². The van der Waals surface area contributed by atoms with Gasteiger partial charge in [0.25, 0.3) is 11.6 Å². The minimum atomic E-state index is -0.679. The molecule has 7 heteroatoms. The maximum atomic E-state index is 13.6. The first-order valence-corrected chi connectivity index (χ1v) is 7.80. The predicted octanol–water partition coefficient (Wildman–Crippen LogP) is 2.94. The highest BCUT2D eigenvalue weighted by Crippen LogP contribution is 2.22. The average Bonchev–Trinajstić information content (AvgIpc) is 2.58. The summed E-state index contributed by atoms with van der Waals surface area (Å²) in [4.78, 5) is 26.8. The third-order valence-electron chi connectivity index (χ3n) is 3.71. The molecule has 0 aliphatic carbocycles. The lowest BCUT2D eigenvalue weighted by Gasteiger charge is -2.24. The molecule has 0 atom stereocenters. The first kappa shape index (κ1) is 18.5. The van der Waals surface area contributed by atoms with Crippen molar-refractivity contribution in [2.45, 2.75) is 6.54 Å². The molecule has 0 aliphatic rings. The highest BCUT2D eigenvalue weighted by molar-refractivity contribution is 5.98. The van der Waals surface area contributed by atoms with E-state index in [4.69, 9.17) is 0 Å². The molecule has 132 valence electrons. The summed E-state index contributed by atoms with van der Waals surface area (Å²) in [5.41, 5.74) is 0.266. The van der Waals surface area contributed by atoms with Gasteiger partial charge in [-0.15, -0.1) is 0 Å². The van der Waals surface area contributed by atoms with Crippen LogP contribution in [0.3, 0.4) is 0 Å². The van der Waals surface area contributed by atoms with Crippen molar-refractivity contribution < 1.29 is 14.1 Å². The number of carbonyl (C=O) groups excluding carboxylic acids is 1. The Kier molecular flexibility index (Phi) is 6.19. The van der Waals surface area contributed by atoms with Gasteiger partial charge in [-0.05, 0) is 31.8 Å². The first-order valence-electron chi connectivity index (χ1n) is 7.80. The topological polar surface area (TPSA) is 66.7 Å². The zero-order valence-electron chi connectivity index (χ0n) is 14.2. The third-order valence-corrected chi connectivity index (χ3v) is 3.71. The van der Waals surface area contributed by atoms with E-state index in [0.717, 1.165) is 23.8 Å². The van der Waals surface area contributed by atoms with Gasteiger partial charge in [-0.3, -0.25) is 14.9 Å². The molecule has 0 saturated heterocycles. The van der Waals surface area contributed by atoms with Gasteiger partial charge in [0.15, 0.2) is 0 Å². The van der Waals surface area contributed by atoms with Gasteiger partial charge in [-0.1, -0.05) is 30.3 Å². The molecule has 2 aromatic carbocycles. The van der Waals surface area contributed by atoms with Crippen molar-refractivity contribution in [3.8, 4) is 0 Å². The van der Waals surface area contributed by atoms with Crippen LogP contribution < -0.4 is 0 Å². The fourth-order valence-corrected chi connectivity index (χ4v) is 2.39. The van der Waals surface area contributed by atoms with Gasteiger partial charge in [0.1, 0.15) is 11.4 Å². The summed E-state index contributed by atoms with van der Waals surface area (Å²) in [7, 11) is 3.74. The molecule has 0 aromatic heterocycles. The molecule has 0 saturated carbocycles. The molecule has 0 N–H and O–H groups in total. The molecule has 0 spiro atoms. The molecule has 0 bridgehead atoms. The Balaban J connectivity index is 2.34. The van der Waals surface area contributed by atoms with Crippen LogP contribution in [0.5, 0.6) is 0 Å². The van der Waals surface area contributed by atoms with E-state index in [-0.39, 0.29) is 5.56 Å². The summed E-state index contributed by atoms with van der Waals surface area (Å²) in [6.07, 6.45) is 0. The maximum Gasteiger partial charge on any atom is 0.282 e. The van der Waals surface area contributed by atoms with Crippen molar-refractivity contribution in [2.75, 3.05) is 27.2 Å². The van der Waals surface area contributed by atoms with Crippen LogP contribution in [0.2, 0.25) is 0 Å². The van der Waals surface area contributed by atoms with Crippen LogP contribution in [0.1, 0.15) is 15.9 Å². The van der Waals surface area contributed by atoms with Gasteiger partial charge in [0.05, 0.1) is 4.92 Å². The Labute approximate surface area is 145 Å². The number of benzene rings is 2. The average molecular weight is 345 g/mol. The normalized spacial score (nSPS) is 10.7. The van der Waals surface area contributed by atoms with E-state index in [1.807, 2.05) is 49.3 Å². The summed E-state index contributed by atoms with van der Waals surface area (Å²) in [5, 5.41) is 11.2. The monoisotopic (exact) mass is 345 g/mol. The number of nitro benzene ring substituents is 1. The minimum absolute atomic E-state index is 0.236. The molecular weight excluding hydrogens is 325 g/mol. The molecular formula is C18H20FN3O3. The number of hydrogen-bond donors (Lipinski definition) is 0. The van der Waals surface area contributed by atoms with Crippen LogP contribution in [0, 0.1) is 15.9 Å². The van der Waals surface area contributed by atoms with Crippen LogP contribution in [0.25, 0.3) is 0 Å². The number of nitro groups is 1. The fraction of sp³-hybridized carbons (Fsp3) is 0.278. The van der Waals surface area contributed by atoms with E-state index in [1.165, 1.54) is 4.90 Å². The Morgan fingerprint density at radius 1 is 1.12 bits per heavy atom. The standard InChI is InChI=1S/C18H20FN3O3/c1-20(2)10-11-21(13-14-6-4-3-5-7-14)18(23)16-12-15(19)8-9-17(16)22(24)25/h3-9,12H,10-11,13H2,1-2H3. The zero-order valence-corrected chi connectivity index (χ0v) is 14.2. The van der Waals surface area contributed by atoms with Crippen molar-refractivity contribution in [1.82, 2.24) is 9.80 Å². The van der Waals surface area contributed by atoms with Crippen LogP contribution in [-0.4, -0.2) is 47.8 Å². The molecule has 0 unspecified atom stereocenters. The van der Waals surface area contributed by atoms with Crippen LogP contribution in [-0.2, 0) is 6.54 Å². The van der Waals surface area contributed by atoms with Gasteiger partial charge in [0.2, 0.25) is 0 Å². The van der Waals surface area contributed by atoms with E-state index in [1.54, 1.807) is 0 Å². The molecule has 25 heavy (non-hydrogen) atoms. The number of hydrogen-bond acceptors (Lipinski definition) is 4. The minimum Gasteiger partial charge on any atom is -0.333 e. The number of likely N-dealkylation sites (N-methyl/N-ethyl adjacent to an activating group) is 1. The highest BCUT2D eigenvalue weighted by Gasteiger charge is 2.25. The first-order chi connectivity index (χ1) is 11.9. The Morgan fingerprint density at radius 3 is 2.40 bits per heavy atom. The van der Waals surface area contributed by atoms with Crippen molar-refractivity contribution in [3.63, 3.8) is 0 Å². The highest BCUT2D eigenvalue weighted by atomic mass is 19.1. The molecule has 0 radical (unpaired) electrons. The number of nitrogens with zero attached hydrogens (tertiary/aromatic N) is 3. The smallest absolute Gasteiger partial charge is 0.282 e. The Hall–Kier alpha value is -2.80. The lowest BCUT2D eigenvalue weighted by Crippen LogP contribution is -2.36. The molecule has 2 rings (SSSR count). The van der Waals surface area contributed by atoms with Crippen molar-refractivity contribution in [1.29, 1.82) is 0 Å². The molecule has 0 heterocycles. The zero-order chi connectivity index (χ0) is 18.4. The van der Waals surface area contributed by atoms with E-state index >= 15 is 0 Å². The van der Waals surface area contributed by atoms with Crippen LogP contribution >= 0.6 is 0 Å². The lowest BCUT2D eigenvalue weighted by atomic mass is 10.1. The number of halogens is 1. The second kappa shape index (κ2) is 8.34. The van der Waals surface area contributed by atoms with Crippen molar-refractivity contribution in [2.24, 2.45) is 0 Å². The van der Waals surface area contributed by atoms with Gasteiger partial charge in [-0.2, -0.15) is 0 Å². The molecule has 0 aliphatic heterocycles. The predicted molar refractivity (Wildman–Crippen MR) is 92.8 cm³/mol. The lowest BCUT2D eigenvalue weighted by molar-refractivity contribution is -0.385. The Bertz CT molecular complexity index is 750. The van der Waals surface area contributed by atoms with Crippen LogP contribution in [0.15, 0.2) is 48.5 Å². The number of rotatable bonds is 7. The van der Waals surface area contributed by atoms with Gasteiger partial charge < -0.3 is 9.80 Å². The third kappa shape index (κ3) is 5.09. The summed E-state index contributed by atoms with van der Waals surface area (Å²) in [5.74, 6) is -1.24. The van der Waals surface area contributed by atoms with Gasteiger partial charge in [-0.25, -0.2) is 4.39 Å². The molecule has 0 fully saturated rings. The summed E-state index contributed by atoms with van der Waals surface area (Å²) < 4.78 is 13.6. The fourth-order valence-electron chi connectivity index (χ4n) is 2.39. The van der Waals surface area contributed by atoms with Crippen molar-refractivity contribution >= 4 is 11.6 Å². The summed E-state index contributed by atoms with van der Waals surface area (Å²) in [6, 6.07) is 12.3. The van der Waals surface area contributed by atoms with E-state index in [0.29, 0.717) is 19.6 Å². The van der Waals surface area contributed by atoms with E-state index in [2.05, 4.69) is 0 Å². The van der Waals surface area contributed by atoms with Crippen LogP contribution in [0.4, 0.5) is 10.1 Å². The largest absolute Gasteiger partial charge is 0.333 e. The second-order valence-corrected chi connectivity index (χ2v) is 5.93. The Morgan fingerprint density at radius 2 is 1.80 bits per heavy atom.